The summed E-state index contributed by atoms with van der Waals surface area (Å²) in [6.45, 7) is 18.1. The molecule has 6 rings (SSSR count). The first kappa shape index (κ1) is 40.0. The lowest BCUT2D eigenvalue weighted by molar-refractivity contribution is -0.264. The van der Waals surface area contributed by atoms with Crippen LogP contribution in [0.3, 0.4) is 0 Å². The van der Waals surface area contributed by atoms with Gasteiger partial charge in [0.2, 0.25) is 0 Å². The SMILES string of the molecule is C.CC.CCC[C@H]1C(OC[C@H](OC(C)=O)C(C)(C)O)[C@H](O)C2C3CCC4C(C)(C)[C@@H](OC5C[C@@H](O)C(O)CO5)CC[C@@]45C[C@@]35CCC21C. The van der Waals surface area contributed by atoms with Crippen LogP contribution in [0.1, 0.15) is 134 Å². The highest BCUT2D eigenvalue weighted by atomic mass is 16.7. The van der Waals surface area contributed by atoms with Crippen molar-refractivity contribution in [2.45, 2.75) is 182 Å². The van der Waals surface area contributed by atoms with Gasteiger partial charge in [0.15, 0.2) is 12.4 Å². The summed E-state index contributed by atoms with van der Waals surface area (Å²) in [5.41, 5.74) is -0.828. The molecule has 6 aliphatic rings. The molecule has 9 heteroatoms. The monoisotopic (exact) mass is 683 g/mol. The quantitative estimate of drug-likeness (QED) is 0.170. The highest BCUT2D eigenvalue weighted by Gasteiger charge is 2.81. The number of esters is 1. The van der Waals surface area contributed by atoms with Crippen molar-refractivity contribution < 1.29 is 44.2 Å². The van der Waals surface area contributed by atoms with Gasteiger partial charge in [0.25, 0.3) is 0 Å². The number of aliphatic hydroxyl groups is 4. The summed E-state index contributed by atoms with van der Waals surface area (Å²) in [6.07, 6.45) is 6.20. The normalized spacial score (nSPS) is 46.3. The summed E-state index contributed by atoms with van der Waals surface area (Å²) in [5.74, 6) is 0.879. The third kappa shape index (κ3) is 6.43. The van der Waals surface area contributed by atoms with Crippen molar-refractivity contribution in [1.29, 1.82) is 0 Å². The fraction of sp³-hybridized carbons (Fsp3) is 0.974. The summed E-state index contributed by atoms with van der Waals surface area (Å²) in [4.78, 5) is 11.8. The van der Waals surface area contributed by atoms with Crippen molar-refractivity contribution in [1.82, 2.24) is 0 Å². The Morgan fingerprint density at radius 1 is 1.00 bits per heavy atom. The van der Waals surface area contributed by atoms with Gasteiger partial charge in [0, 0.05) is 13.3 Å². The molecule has 2 spiro atoms. The van der Waals surface area contributed by atoms with Crippen LogP contribution in [0.5, 0.6) is 0 Å². The molecule has 280 valence electrons. The van der Waals surface area contributed by atoms with Crippen LogP contribution in [0.25, 0.3) is 0 Å². The molecule has 7 unspecified atom stereocenters. The molecule has 1 aliphatic heterocycles. The van der Waals surface area contributed by atoms with Crippen LogP contribution in [0.2, 0.25) is 0 Å². The number of carbonyl (C=O) groups excluding carboxylic acids is 1. The molecule has 5 aliphatic carbocycles. The largest absolute Gasteiger partial charge is 0.457 e. The third-order valence-electron chi connectivity index (χ3n) is 14.3. The smallest absolute Gasteiger partial charge is 0.303 e. The number of ether oxygens (including phenoxy) is 4. The van der Waals surface area contributed by atoms with Crippen LogP contribution in [-0.2, 0) is 23.7 Å². The van der Waals surface area contributed by atoms with E-state index in [0.29, 0.717) is 18.3 Å². The molecule has 0 aromatic rings. The fourth-order valence-corrected chi connectivity index (χ4v) is 12.1. The molecule has 0 radical (unpaired) electrons. The second-order valence-corrected chi connectivity index (χ2v) is 17.3. The predicted molar refractivity (Wildman–Crippen MR) is 185 cm³/mol. The molecule has 4 N–H and O–H groups in total. The van der Waals surface area contributed by atoms with Gasteiger partial charge >= 0.3 is 5.97 Å². The molecule has 1 saturated heterocycles. The van der Waals surface area contributed by atoms with E-state index in [-0.39, 0.29) is 66.3 Å². The first-order chi connectivity index (χ1) is 22.0. The molecule has 48 heavy (non-hydrogen) atoms. The standard InChI is InChI=1S/C36H60O9.C2H6.CH4/c1-8-9-22-31(43-18-27(33(5,6)41)44-20(2)37)30(40)29-21-10-11-25-32(3,4)26(45-28-16-23(38)24(39)17-42-28)12-13-36(25)19-35(21,36)15-14-34(22,29)7;1-2;/h21-31,38-41H,8-19H2,1-7H3;1-2H3;1H4/t21?,22-,23+,24?,25?,26-,27-,28?,29?,30+,31?,34?,35-,36+;;/m0../s1. The van der Waals surface area contributed by atoms with Gasteiger partial charge < -0.3 is 39.4 Å². The van der Waals surface area contributed by atoms with E-state index in [1.807, 2.05) is 13.8 Å². The van der Waals surface area contributed by atoms with E-state index in [4.69, 9.17) is 18.9 Å². The number of hydrogen-bond acceptors (Lipinski definition) is 9. The molecule has 9 nitrogen and oxygen atoms in total. The predicted octanol–water partition coefficient (Wildman–Crippen LogP) is 6.02. The molecule has 1 heterocycles. The highest BCUT2D eigenvalue weighted by molar-refractivity contribution is 5.66. The highest BCUT2D eigenvalue weighted by Crippen LogP contribution is 2.87. The van der Waals surface area contributed by atoms with Gasteiger partial charge in [-0.25, -0.2) is 0 Å². The van der Waals surface area contributed by atoms with Crippen LogP contribution in [0.15, 0.2) is 0 Å². The van der Waals surface area contributed by atoms with Gasteiger partial charge in [-0.15, -0.1) is 0 Å². The molecule has 6 fully saturated rings. The summed E-state index contributed by atoms with van der Waals surface area (Å²) >= 11 is 0. The van der Waals surface area contributed by atoms with Crippen molar-refractivity contribution in [3.8, 4) is 0 Å². The molecule has 0 amide bonds. The Morgan fingerprint density at radius 2 is 1.69 bits per heavy atom. The van der Waals surface area contributed by atoms with E-state index >= 15 is 0 Å². The van der Waals surface area contributed by atoms with E-state index in [9.17, 15) is 25.2 Å². The number of hydrogen-bond donors (Lipinski definition) is 4. The molecule has 0 aromatic carbocycles. The van der Waals surface area contributed by atoms with Gasteiger partial charge in [0.05, 0.1) is 43.2 Å². The van der Waals surface area contributed by atoms with Crippen molar-refractivity contribution in [2.24, 2.45) is 45.3 Å². The van der Waals surface area contributed by atoms with E-state index in [0.717, 1.165) is 44.9 Å². The van der Waals surface area contributed by atoms with Crippen molar-refractivity contribution >= 4 is 5.97 Å². The summed E-state index contributed by atoms with van der Waals surface area (Å²) in [5, 5.41) is 43.0. The summed E-state index contributed by atoms with van der Waals surface area (Å²) in [7, 11) is 0. The van der Waals surface area contributed by atoms with Crippen molar-refractivity contribution in [3.63, 3.8) is 0 Å². The van der Waals surface area contributed by atoms with Crippen LogP contribution in [0, 0.1) is 45.3 Å². The van der Waals surface area contributed by atoms with Gasteiger partial charge in [-0.3, -0.25) is 4.79 Å². The first-order valence-electron chi connectivity index (χ1n) is 18.8. The molecular weight excluding hydrogens is 612 g/mol. The maximum atomic E-state index is 12.2. The minimum absolute atomic E-state index is 0. The second-order valence-electron chi connectivity index (χ2n) is 17.3. The van der Waals surface area contributed by atoms with Crippen molar-refractivity contribution in [3.05, 3.63) is 0 Å². The summed E-state index contributed by atoms with van der Waals surface area (Å²) < 4.78 is 24.4. The number of rotatable bonds is 9. The maximum absolute atomic E-state index is 12.2. The van der Waals surface area contributed by atoms with E-state index in [1.165, 1.54) is 19.8 Å². The van der Waals surface area contributed by atoms with Crippen LogP contribution < -0.4 is 0 Å². The van der Waals surface area contributed by atoms with Crippen LogP contribution >= 0.6 is 0 Å². The minimum atomic E-state index is -1.26. The van der Waals surface area contributed by atoms with E-state index in [1.54, 1.807) is 13.8 Å². The number of aliphatic hydroxyl groups excluding tert-OH is 3. The Balaban J connectivity index is 0.00000170. The Hall–Kier alpha value is -0.810. The number of carbonyl (C=O) groups is 1. The average Bonchev–Trinajstić information content (AvgIpc) is 3.62. The van der Waals surface area contributed by atoms with Gasteiger partial charge in [0.1, 0.15) is 6.10 Å². The number of fused-ring (bicyclic) bond motifs is 2. The Labute approximate surface area is 290 Å². The Kier molecular flexibility index (Phi) is 11.9. The van der Waals surface area contributed by atoms with Crippen molar-refractivity contribution in [2.75, 3.05) is 13.2 Å². The van der Waals surface area contributed by atoms with Gasteiger partial charge in [-0.2, -0.15) is 0 Å². The van der Waals surface area contributed by atoms with Crippen LogP contribution in [-0.4, -0.2) is 88.1 Å². The topological polar surface area (TPSA) is 135 Å². The third-order valence-corrected chi connectivity index (χ3v) is 14.3. The summed E-state index contributed by atoms with van der Waals surface area (Å²) in [6, 6.07) is 0. The Bertz CT molecular complexity index is 1110. The molecule has 0 bridgehead atoms. The zero-order chi connectivity index (χ0) is 34.7. The van der Waals surface area contributed by atoms with Gasteiger partial charge in [-0.05, 0) is 111 Å². The average molecular weight is 683 g/mol. The zero-order valence-electron chi connectivity index (χ0n) is 30.7. The molecule has 0 aromatic heterocycles. The molecule has 5 saturated carbocycles. The zero-order valence-corrected chi connectivity index (χ0v) is 30.7. The first-order valence-corrected chi connectivity index (χ1v) is 18.8. The molecular formula is C39H70O9. The van der Waals surface area contributed by atoms with Gasteiger partial charge in [-0.1, -0.05) is 55.4 Å². The van der Waals surface area contributed by atoms with Crippen LogP contribution in [0.4, 0.5) is 0 Å². The second kappa shape index (κ2) is 14.3. The maximum Gasteiger partial charge on any atom is 0.303 e. The lowest BCUT2D eigenvalue weighted by Crippen LogP contribution is -2.56. The lowest BCUT2D eigenvalue weighted by Gasteiger charge is -2.60. The minimum Gasteiger partial charge on any atom is -0.457 e. The van der Waals surface area contributed by atoms with E-state index in [2.05, 4.69) is 27.7 Å². The van der Waals surface area contributed by atoms with E-state index < -0.39 is 42.3 Å². The fourth-order valence-electron chi connectivity index (χ4n) is 12.1. The lowest BCUT2D eigenvalue weighted by atomic mass is 9.46. The molecule has 14 atom stereocenters. The Morgan fingerprint density at radius 3 is 2.29 bits per heavy atom.